The Morgan fingerprint density at radius 3 is 2.61 bits per heavy atom. The monoisotopic (exact) mass is 554 g/mol. The number of piperidine rings is 1. The molecule has 2 aromatic heterocycles. The van der Waals surface area contributed by atoms with Crippen LogP contribution in [0.3, 0.4) is 0 Å². The van der Waals surface area contributed by atoms with Gasteiger partial charge in [0.1, 0.15) is 11.9 Å². The number of nitrogens with two attached hydrogens (primary N) is 1. The average Bonchev–Trinajstić information content (AvgIpc) is 3.47. The number of hydrogen-bond donors (Lipinski definition) is 1. The summed E-state index contributed by atoms with van der Waals surface area (Å²) in [5, 5.41) is 0.611. The summed E-state index contributed by atoms with van der Waals surface area (Å²) in [6, 6.07) is 7.70. The molecule has 10 heteroatoms. The highest BCUT2D eigenvalue weighted by atomic mass is 35.5. The maximum absolute atomic E-state index is 12.4. The number of amides is 3. The largest absolute Gasteiger partial charge is 0.489 e. The zero-order valence-electron chi connectivity index (χ0n) is 21.4. The Labute approximate surface area is 230 Å². The van der Waals surface area contributed by atoms with Crippen molar-refractivity contribution in [3.8, 4) is 16.9 Å². The number of carbonyl (C=O) groups is 3. The maximum Gasteiger partial charge on any atom is 0.230 e. The van der Waals surface area contributed by atoms with Crippen LogP contribution in [-0.4, -0.2) is 58.2 Å². The predicted molar refractivity (Wildman–Crippen MR) is 148 cm³/mol. The van der Waals surface area contributed by atoms with Crippen molar-refractivity contribution in [1.29, 1.82) is 0 Å². The summed E-state index contributed by atoms with van der Waals surface area (Å²) in [5.74, 6) is 0.666. The Bertz CT molecular complexity index is 1370. The van der Waals surface area contributed by atoms with Gasteiger partial charge in [0.15, 0.2) is 0 Å². The van der Waals surface area contributed by atoms with E-state index in [0.29, 0.717) is 37.5 Å². The second-order valence-electron chi connectivity index (χ2n) is 9.85. The van der Waals surface area contributed by atoms with E-state index in [0.717, 1.165) is 50.4 Å². The van der Waals surface area contributed by atoms with Gasteiger partial charge >= 0.3 is 0 Å². The number of nitrogens with zero attached hydrogens (tertiary/aromatic N) is 3. The fourth-order valence-electron chi connectivity index (χ4n) is 5.12. The number of ether oxygens (including phenoxy) is 1. The zero-order chi connectivity index (χ0) is 26.8. The quantitative estimate of drug-likeness (QED) is 0.405. The van der Waals surface area contributed by atoms with Gasteiger partial charge in [-0.2, -0.15) is 0 Å². The van der Waals surface area contributed by atoms with Crippen LogP contribution in [0, 0.1) is 6.92 Å². The van der Waals surface area contributed by atoms with E-state index in [-0.39, 0.29) is 43.2 Å². The number of aromatic nitrogens is 1. The van der Waals surface area contributed by atoms with Crippen LogP contribution in [0.2, 0.25) is 5.02 Å². The molecule has 38 heavy (non-hydrogen) atoms. The summed E-state index contributed by atoms with van der Waals surface area (Å²) < 4.78 is 7.55. The summed E-state index contributed by atoms with van der Waals surface area (Å²) in [6.45, 7) is 4.10. The number of carbonyl (C=O) groups excluding carboxylic acids is 3. The third-order valence-corrected chi connectivity index (χ3v) is 8.50. The molecule has 0 unspecified atom stereocenters. The molecule has 2 aliphatic heterocycles. The van der Waals surface area contributed by atoms with Crippen LogP contribution in [0.1, 0.15) is 49.0 Å². The van der Waals surface area contributed by atoms with Gasteiger partial charge in [0.25, 0.3) is 0 Å². The molecular formula is C28H31ClN4O4S. The fourth-order valence-corrected chi connectivity index (χ4v) is 6.52. The molecule has 2 aliphatic rings. The number of halogens is 1. The van der Waals surface area contributed by atoms with Gasteiger partial charge in [-0.1, -0.05) is 11.6 Å². The standard InChI is InChI=1S/C28H31ClN4O4S/c1-17-13-18(29)14-22(27(17)37-19-7-11-32(12-8-19)24(34)3-2-9-30)21-6-10-31-23-15-20(38-28(21)23)16-33-25(35)4-5-26(33)36/h6,10,13-15,19H,2-5,7-9,11-12,16,30H2,1H3. The summed E-state index contributed by atoms with van der Waals surface area (Å²) in [4.78, 5) is 45.3. The number of imide groups is 1. The van der Waals surface area contributed by atoms with Gasteiger partial charge in [-0.15, -0.1) is 11.3 Å². The van der Waals surface area contributed by atoms with Crippen molar-refractivity contribution in [2.45, 2.75) is 58.1 Å². The van der Waals surface area contributed by atoms with Crippen LogP contribution < -0.4 is 10.5 Å². The summed E-state index contributed by atoms with van der Waals surface area (Å²) >= 11 is 8.04. The van der Waals surface area contributed by atoms with Gasteiger partial charge in [-0.3, -0.25) is 24.3 Å². The molecule has 3 amide bonds. The third kappa shape index (κ3) is 5.55. The first-order valence-corrected chi connectivity index (χ1v) is 14.2. The second kappa shape index (κ2) is 11.4. The third-order valence-electron chi connectivity index (χ3n) is 7.14. The van der Waals surface area contributed by atoms with Gasteiger partial charge in [-0.25, -0.2) is 0 Å². The average molecular weight is 555 g/mol. The maximum atomic E-state index is 12.4. The first-order chi connectivity index (χ1) is 18.3. The molecule has 0 saturated carbocycles. The lowest BCUT2D eigenvalue weighted by atomic mass is 10.0. The highest BCUT2D eigenvalue weighted by Crippen LogP contribution is 2.42. The number of pyridine rings is 1. The number of fused-ring (bicyclic) bond motifs is 1. The van der Waals surface area contributed by atoms with Crippen molar-refractivity contribution < 1.29 is 19.1 Å². The Kier molecular flexibility index (Phi) is 7.97. The number of aryl methyl sites for hydroxylation is 1. The van der Waals surface area contributed by atoms with Gasteiger partial charge < -0.3 is 15.4 Å². The molecule has 0 aliphatic carbocycles. The zero-order valence-corrected chi connectivity index (χ0v) is 22.9. The number of thiophene rings is 1. The fraction of sp³-hybridized carbons (Fsp3) is 0.429. The minimum Gasteiger partial charge on any atom is -0.489 e. The normalized spacial score (nSPS) is 16.6. The van der Waals surface area contributed by atoms with Crippen LogP contribution >= 0.6 is 22.9 Å². The molecule has 3 aromatic rings. The molecule has 2 fully saturated rings. The van der Waals surface area contributed by atoms with Gasteiger partial charge in [-0.05, 0) is 49.7 Å². The first-order valence-electron chi connectivity index (χ1n) is 13.0. The van der Waals surface area contributed by atoms with Crippen molar-refractivity contribution in [3.05, 3.63) is 45.9 Å². The SMILES string of the molecule is Cc1cc(Cl)cc(-c2ccnc3cc(CN4C(=O)CCC4=O)sc23)c1OC1CCN(C(=O)CCCN)CC1. The van der Waals surface area contributed by atoms with Crippen LogP contribution in [-0.2, 0) is 20.9 Å². The number of rotatable bonds is 8. The van der Waals surface area contributed by atoms with Crippen molar-refractivity contribution in [2.75, 3.05) is 19.6 Å². The lowest BCUT2D eigenvalue weighted by Gasteiger charge is -2.33. The molecule has 1 aromatic carbocycles. The minimum atomic E-state index is -0.131. The van der Waals surface area contributed by atoms with Gasteiger partial charge in [0.05, 0.1) is 16.8 Å². The van der Waals surface area contributed by atoms with E-state index >= 15 is 0 Å². The van der Waals surface area contributed by atoms with Crippen LogP contribution in [0.25, 0.3) is 21.3 Å². The van der Waals surface area contributed by atoms with E-state index in [4.69, 9.17) is 22.1 Å². The van der Waals surface area contributed by atoms with Crippen LogP contribution in [0.5, 0.6) is 5.75 Å². The first kappa shape index (κ1) is 26.6. The molecular weight excluding hydrogens is 524 g/mol. The van der Waals surface area contributed by atoms with Crippen molar-refractivity contribution in [1.82, 2.24) is 14.8 Å². The van der Waals surface area contributed by atoms with E-state index in [2.05, 4.69) is 4.98 Å². The molecule has 0 spiro atoms. The molecule has 0 bridgehead atoms. The number of benzene rings is 1. The molecule has 0 atom stereocenters. The Hall–Kier alpha value is -3.01. The highest BCUT2D eigenvalue weighted by Gasteiger charge is 2.30. The Morgan fingerprint density at radius 2 is 1.89 bits per heavy atom. The van der Waals surface area contributed by atoms with Crippen LogP contribution in [0.4, 0.5) is 0 Å². The summed E-state index contributed by atoms with van der Waals surface area (Å²) in [6.07, 6.45) is 4.99. The highest BCUT2D eigenvalue weighted by molar-refractivity contribution is 7.19. The van der Waals surface area contributed by atoms with Gasteiger partial charge in [0.2, 0.25) is 17.7 Å². The minimum absolute atomic E-state index is 0.0180. The van der Waals surface area contributed by atoms with Gasteiger partial charge in [0, 0.05) is 72.4 Å². The molecule has 0 radical (unpaired) electrons. The van der Waals surface area contributed by atoms with E-state index in [1.807, 2.05) is 36.1 Å². The Morgan fingerprint density at radius 1 is 1.16 bits per heavy atom. The van der Waals surface area contributed by atoms with E-state index in [1.54, 1.807) is 6.20 Å². The van der Waals surface area contributed by atoms with Crippen molar-refractivity contribution >= 4 is 50.9 Å². The van der Waals surface area contributed by atoms with Crippen LogP contribution in [0.15, 0.2) is 30.5 Å². The van der Waals surface area contributed by atoms with E-state index in [1.165, 1.54) is 16.2 Å². The summed E-state index contributed by atoms with van der Waals surface area (Å²) in [5.41, 5.74) is 9.11. The topological polar surface area (TPSA) is 106 Å². The van der Waals surface area contributed by atoms with E-state index in [9.17, 15) is 14.4 Å². The number of hydrogen-bond acceptors (Lipinski definition) is 7. The van der Waals surface area contributed by atoms with E-state index < -0.39 is 0 Å². The lowest BCUT2D eigenvalue weighted by Crippen LogP contribution is -2.41. The number of likely N-dealkylation sites (tertiary alicyclic amines) is 2. The smallest absolute Gasteiger partial charge is 0.230 e. The molecule has 8 nitrogen and oxygen atoms in total. The predicted octanol–water partition coefficient (Wildman–Crippen LogP) is 4.68. The molecule has 2 N–H and O–H groups in total. The van der Waals surface area contributed by atoms with Crippen molar-refractivity contribution in [3.63, 3.8) is 0 Å². The second-order valence-corrected chi connectivity index (χ2v) is 11.4. The molecule has 4 heterocycles. The Balaban J connectivity index is 1.40. The lowest BCUT2D eigenvalue weighted by molar-refractivity contribution is -0.139. The molecule has 5 rings (SSSR count). The molecule has 2 saturated heterocycles. The molecule has 200 valence electrons. The van der Waals surface area contributed by atoms with Crippen molar-refractivity contribution in [2.24, 2.45) is 5.73 Å². The summed E-state index contributed by atoms with van der Waals surface area (Å²) in [7, 11) is 0.